The maximum atomic E-state index is 12.6. The number of alkyl halides is 3. The molecule has 0 radical (unpaired) electrons. The van der Waals surface area contributed by atoms with Crippen LogP contribution in [-0.2, 0) is 6.18 Å². The summed E-state index contributed by atoms with van der Waals surface area (Å²) in [4.78, 5) is 16.3. The molecule has 3 aromatic rings. The smallest absolute Gasteiger partial charge is 0.416 e. The van der Waals surface area contributed by atoms with Crippen LogP contribution < -0.4 is 4.74 Å². The van der Waals surface area contributed by atoms with Crippen molar-refractivity contribution in [1.82, 2.24) is 0 Å². The standard InChI is InChI=1S/C22H13F3N2O2/c23-22(24,25)18-7-9-19(10-8-18)27-14-16-1-5-17(6-2-16)21(28)29-20-11-3-15(13-26)4-12-20/h1-12,14H. The van der Waals surface area contributed by atoms with Crippen LogP contribution in [0.3, 0.4) is 0 Å². The highest BCUT2D eigenvalue weighted by molar-refractivity contribution is 5.92. The highest BCUT2D eigenvalue weighted by Crippen LogP contribution is 2.30. The Hall–Kier alpha value is -3.92. The molecule has 0 amide bonds. The number of benzene rings is 3. The van der Waals surface area contributed by atoms with Crippen molar-refractivity contribution in [3.8, 4) is 11.8 Å². The molecule has 0 heterocycles. The molecular weight excluding hydrogens is 381 g/mol. The number of hydrogen-bond acceptors (Lipinski definition) is 4. The Morgan fingerprint density at radius 3 is 2.10 bits per heavy atom. The average molecular weight is 394 g/mol. The number of carbonyl (C=O) groups excluding carboxylic acids is 1. The molecule has 0 aromatic heterocycles. The van der Waals surface area contributed by atoms with Gasteiger partial charge in [0.2, 0.25) is 0 Å². The van der Waals surface area contributed by atoms with E-state index in [-0.39, 0.29) is 0 Å². The van der Waals surface area contributed by atoms with Gasteiger partial charge in [-0.1, -0.05) is 12.1 Å². The number of nitrogens with zero attached hydrogens (tertiary/aromatic N) is 2. The van der Waals surface area contributed by atoms with Crippen LogP contribution in [0.2, 0.25) is 0 Å². The minimum absolute atomic E-state index is 0.320. The summed E-state index contributed by atoms with van der Waals surface area (Å²) < 4.78 is 42.9. The van der Waals surface area contributed by atoms with Gasteiger partial charge < -0.3 is 4.74 Å². The van der Waals surface area contributed by atoms with E-state index in [1.54, 1.807) is 36.4 Å². The van der Waals surface area contributed by atoms with Gasteiger partial charge in [-0.3, -0.25) is 4.99 Å². The van der Waals surface area contributed by atoms with Gasteiger partial charge in [0.15, 0.2) is 0 Å². The topological polar surface area (TPSA) is 62.4 Å². The van der Waals surface area contributed by atoms with Crippen molar-refractivity contribution < 1.29 is 22.7 Å². The van der Waals surface area contributed by atoms with Gasteiger partial charge in [-0.25, -0.2) is 4.79 Å². The second kappa shape index (κ2) is 8.40. The molecule has 0 bridgehead atoms. The lowest BCUT2D eigenvalue weighted by Crippen LogP contribution is -2.08. The predicted octanol–water partition coefficient (Wildman–Crippen LogP) is 5.55. The van der Waals surface area contributed by atoms with Gasteiger partial charge >= 0.3 is 12.1 Å². The van der Waals surface area contributed by atoms with Crippen LogP contribution in [0, 0.1) is 11.3 Å². The van der Waals surface area contributed by atoms with Gasteiger partial charge in [-0.05, 0) is 66.2 Å². The number of halogens is 3. The fourth-order valence-corrected chi connectivity index (χ4v) is 2.35. The molecule has 0 fully saturated rings. The lowest BCUT2D eigenvalue weighted by atomic mass is 10.1. The molecule has 4 nitrogen and oxygen atoms in total. The van der Waals surface area contributed by atoms with Crippen LogP contribution in [0.1, 0.15) is 27.0 Å². The zero-order valence-electron chi connectivity index (χ0n) is 14.9. The largest absolute Gasteiger partial charge is 0.423 e. The molecule has 3 aromatic carbocycles. The summed E-state index contributed by atoms with van der Waals surface area (Å²) in [7, 11) is 0. The highest BCUT2D eigenvalue weighted by Gasteiger charge is 2.29. The molecule has 0 aliphatic heterocycles. The molecule has 0 aliphatic rings. The summed E-state index contributed by atoms with van der Waals surface area (Å²) in [6.45, 7) is 0. The zero-order chi connectivity index (χ0) is 20.9. The van der Waals surface area contributed by atoms with E-state index in [9.17, 15) is 18.0 Å². The van der Waals surface area contributed by atoms with Crippen molar-refractivity contribution in [2.75, 3.05) is 0 Å². The van der Waals surface area contributed by atoms with E-state index in [4.69, 9.17) is 10.00 Å². The third-order valence-corrected chi connectivity index (χ3v) is 3.90. The van der Waals surface area contributed by atoms with E-state index in [0.29, 0.717) is 28.1 Å². The number of rotatable bonds is 4. The lowest BCUT2D eigenvalue weighted by molar-refractivity contribution is -0.137. The van der Waals surface area contributed by atoms with Gasteiger partial charge in [0.1, 0.15) is 5.75 Å². The van der Waals surface area contributed by atoms with Crippen LogP contribution in [0.5, 0.6) is 5.75 Å². The first kappa shape index (κ1) is 19.8. The Labute approximate surface area is 164 Å². The Kier molecular flexibility index (Phi) is 5.74. The molecular formula is C22H13F3N2O2. The van der Waals surface area contributed by atoms with Gasteiger partial charge in [0.25, 0.3) is 0 Å². The van der Waals surface area contributed by atoms with E-state index < -0.39 is 17.7 Å². The second-order valence-corrected chi connectivity index (χ2v) is 5.95. The molecule has 29 heavy (non-hydrogen) atoms. The van der Waals surface area contributed by atoms with E-state index in [1.807, 2.05) is 6.07 Å². The molecule has 0 atom stereocenters. The molecule has 0 saturated carbocycles. The lowest BCUT2D eigenvalue weighted by Gasteiger charge is -2.06. The molecule has 144 valence electrons. The molecule has 0 aliphatic carbocycles. The van der Waals surface area contributed by atoms with Gasteiger partial charge in [-0.15, -0.1) is 0 Å². The first-order chi connectivity index (χ1) is 13.8. The molecule has 0 spiro atoms. The maximum Gasteiger partial charge on any atom is 0.416 e. The molecule has 0 saturated heterocycles. The summed E-state index contributed by atoms with van der Waals surface area (Å²) >= 11 is 0. The first-order valence-electron chi connectivity index (χ1n) is 8.39. The number of hydrogen-bond donors (Lipinski definition) is 0. The van der Waals surface area contributed by atoms with Crippen LogP contribution in [0.25, 0.3) is 0 Å². The van der Waals surface area contributed by atoms with Crippen molar-refractivity contribution in [2.45, 2.75) is 6.18 Å². The van der Waals surface area contributed by atoms with Gasteiger partial charge in [0, 0.05) is 6.21 Å². The quantitative estimate of drug-likeness (QED) is 0.331. The van der Waals surface area contributed by atoms with Crippen LogP contribution >= 0.6 is 0 Å². The van der Waals surface area contributed by atoms with Crippen molar-refractivity contribution in [3.05, 3.63) is 95.1 Å². The van der Waals surface area contributed by atoms with E-state index in [2.05, 4.69) is 4.99 Å². The normalized spacial score (nSPS) is 11.2. The molecule has 0 unspecified atom stereocenters. The maximum absolute atomic E-state index is 12.6. The number of esters is 1. The Balaban J connectivity index is 1.64. The Morgan fingerprint density at radius 2 is 1.55 bits per heavy atom. The minimum Gasteiger partial charge on any atom is -0.423 e. The fraction of sp³-hybridized carbons (Fsp3) is 0.0455. The van der Waals surface area contributed by atoms with Crippen molar-refractivity contribution in [1.29, 1.82) is 5.26 Å². The van der Waals surface area contributed by atoms with Crippen molar-refractivity contribution >= 4 is 17.9 Å². The van der Waals surface area contributed by atoms with E-state index in [0.717, 1.165) is 12.1 Å². The summed E-state index contributed by atoms with van der Waals surface area (Å²) in [5.41, 5.74) is 1.09. The van der Waals surface area contributed by atoms with Crippen molar-refractivity contribution in [3.63, 3.8) is 0 Å². The number of nitriles is 1. The first-order valence-corrected chi connectivity index (χ1v) is 8.39. The minimum atomic E-state index is -4.38. The molecule has 0 N–H and O–H groups in total. The summed E-state index contributed by atoms with van der Waals surface area (Å²) in [5, 5.41) is 8.76. The van der Waals surface area contributed by atoms with Crippen molar-refractivity contribution in [2.24, 2.45) is 4.99 Å². The number of carbonyl (C=O) groups is 1. The molecule has 7 heteroatoms. The monoisotopic (exact) mass is 394 g/mol. The van der Waals surface area contributed by atoms with Crippen LogP contribution in [0.4, 0.5) is 18.9 Å². The summed E-state index contributed by atoms with van der Waals surface area (Å²) in [5.74, 6) is -0.233. The predicted molar refractivity (Wildman–Crippen MR) is 101 cm³/mol. The van der Waals surface area contributed by atoms with Crippen LogP contribution in [-0.4, -0.2) is 12.2 Å². The SMILES string of the molecule is N#Cc1ccc(OC(=O)c2ccc(C=Nc3ccc(C(F)(F)F)cc3)cc2)cc1. The highest BCUT2D eigenvalue weighted by atomic mass is 19.4. The van der Waals surface area contributed by atoms with Gasteiger partial charge in [0.05, 0.1) is 28.4 Å². The second-order valence-electron chi connectivity index (χ2n) is 5.95. The fourth-order valence-electron chi connectivity index (χ4n) is 2.35. The van der Waals surface area contributed by atoms with E-state index in [1.165, 1.54) is 30.5 Å². The number of ether oxygens (including phenoxy) is 1. The summed E-state index contributed by atoms with van der Waals surface area (Å²) in [6.07, 6.45) is -2.90. The third kappa shape index (κ3) is 5.30. The third-order valence-electron chi connectivity index (χ3n) is 3.90. The summed E-state index contributed by atoms with van der Waals surface area (Å²) in [6, 6.07) is 19.0. The Bertz CT molecular complexity index is 1060. The van der Waals surface area contributed by atoms with Gasteiger partial charge in [-0.2, -0.15) is 18.4 Å². The molecule has 3 rings (SSSR count). The number of aliphatic imine (C=N–C) groups is 1. The van der Waals surface area contributed by atoms with E-state index >= 15 is 0 Å². The average Bonchev–Trinajstić information content (AvgIpc) is 2.73. The van der Waals surface area contributed by atoms with Crippen LogP contribution in [0.15, 0.2) is 77.8 Å². The zero-order valence-corrected chi connectivity index (χ0v) is 14.9. The Morgan fingerprint density at radius 1 is 0.931 bits per heavy atom.